The summed E-state index contributed by atoms with van der Waals surface area (Å²) in [7, 11) is 0. The molecule has 0 aliphatic heterocycles. The average molecular weight is 278 g/mol. The standard InChI is InChI=1S/C16H23FN2O/c1-12-5-2-3-8-15(12)19-16(20)18-10-9-13-6-4-7-14(17)11-13/h4,6-7,11-12,15H,2-3,5,8-10H2,1H3,(H2,18,19,20)/t12-,15-/m1/s1. The van der Waals surface area contributed by atoms with Crippen molar-refractivity contribution in [3.8, 4) is 0 Å². The van der Waals surface area contributed by atoms with Crippen LogP contribution in [0.15, 0.2) is 24.3 Å². The van der Waals surface area contributed by atoms with Crippen molar-refractivity contribution in [2.24, 2.45) is 5.92 Å². The van der Waals surface area contributed by atoms with Gasteiger partial charge in [0.2, 0.25) is 0 Å². The Bertz CT molecular complexity index is 450. The zero-order valence-electron chi connectivity index (χ0n) is 12.0. The maximum absolute atomic E-state index is 13.0. The van der Waals surface area contributed by atoms with E-state index in [9.17, 15) is 9.18 Å². The molecule has 0 radical (unpaired) electrons. The van der Waals surface area contributed by atoms with Crippen LogP contribution in [0.1, 0.15) is 38.2 Å². The van der Waals surface area contributed by atoms with E-state index < -0.39 is 0 Å². The molecule has 1 fully saturated rings. The first-order valence-corrected chi connectivity index (χ1v) is 7.44. The molecule has 2 N–H and O–H groups in total. The second-order valence-corrected chi connectivity index (χ2v) is 5.65. The number of carbonyl (C=O) groups excluding carboxylic acids is 1. The first kappa shape index (κ1) is 14.8. The Morgan fingerprint density at radius 2 is 2.15 bits per heavy atom. The molecule has 1 aliphatic rings. The highest BCUT2D eigenvalue weighted by atomic mass is 19.1. The third kappa shape index (κ3) is 4.51. The Labute approximate surface area is 120 Å². The maximum atomic E-state index is 13.0. The van der Waals surface area contributed by atoms with Crippen LogP contribution in [0.4, 0.5) is 9.18 Å². The summed E-state index contributed by atoms with van der Waals surface area (Å²) in [6, 6.07) is 6.66. The van der Waals surface area contributed by atoms with E-state index >= 15 is 0 Å². The molecule has 2 amide bonds. The summed E-state index contributed by atoms with van der Waals surface area (Å²) in [4.78, 5) is 11.8. The van der Waals surface area contributed by atoms with Gasteiger partial charge in [0.15, 0.2) is 0 Å². The van der Waals surface area contributed by atoms with E-state index in [-0.39, 0.29) is 17.9 Å². The number of rotatable bonds is 4. The summed E-state index contributed by atoms with van der Waals surface area (Å²) in [5.41, 5.74) is 0.899. The SMILES string of the molecule is C[C@@H]1CCCC[C@H]1NC(=O)NCCc1cccc(F)c1. The minimum Gasteiger partial charge on any atom is -0.338 e. The number of carbonyl (C=O) groups is 1. The van der Waals surface area contributed by atoms with Gasteiger partial charge in [-0.15, -0.1) is 0 Å². The van der Waals surface area contributed by atoms with E-state index in [4.69, 9.17) is 0 Å². The van der Waals surface area contributed by atoms with Crippen LogP contribution in [0.25, 0.3) is 0 Å². The molecule has 1 aliphatic carbocycles. The van der Waals surface area contributed by atoms with Crippen molar-refractivity contribution in [2.75, 3.05) is 6.54 Å². The number of hydrogen-bond acceptors (Lipinski definition) is 1. The van der Waals surface area contributed by atoms with E-state index in [2.05, 4.69) is 17.6 Å². The molecular formula is C16H23FN2O. The van der Waals surface area contributed by atoms with Gasteiger partial charge in [0.05, 0.1) is 0 Å². The smallest absolute Gasteiger partial charge is 0.315 e. The number of amides is 2. The Hall–Kier alpha value is -1.58. The molecule has 3 nitrogen and oxygen atoms in total. The first-order chi connectivity index (χ1) is 9.65. The Kier molecular flexibility index (Phi) is 5.39. The Morgan fingerprint density at radius 1 is 1.35 bits per heavy atom. The fourth-order valence-corrected chi connectivity index (χ4v) is 2.76. The van der Waals surface area contributed by atoms with Crippen LogP contribution < -0.4 is 10.6 Å². The highest BCUT2D eigenvalue weighted by Gasteiger charge is 2.22. The number of nitrogens with one attached hydrogen (secondary N) is 2. The molecule has 0 saturated heterocycles. The molecule has 1 aromatic rings. The van der Waals surface area contributed by atoms with Gasteiger partial charge in [-0.05, 0) is 42.9 Å². The van der Waals surface area contributed by atoms with Crippen molar-refractivity contribution >= 4 is 6.03 Å². The van der Waals surface area contributed by atoms with Crippen LogP contribution >= 0.6 is 0 Å². The predicted molar refractivity (Wildman–Crippen MR) is 78.1 cm³/mol. The lowest BCUT2D eigenvalue weighted by Crippen LogP contribution is -2.46. The third-order valence-corrected chi connectivity index (χ3v) is 4.02. The molecule has 0 unspecified atom stereocenters. The molecule has 0 aromatic heterocycles. The summed E-state index contributed by atoms with van der Waals surface area (Å²) in [5, 5.41) is 5.89. The molecule has 110 valence electrons. The average Bonchev–Trinajstić information content (AvgIpc) is 2.41. The second-order valence-electron chi connectivity index (χ2n) is 5.65. The zero-order chi connectivity index (χ0) is 14.4. The van der Waals surface area contributed by atoms with Crippen LogP contribution in [-0.4, -0.2) is 18.6 Å². The second kappa shape index (κ2) is 7.27. The summed E-state index contributed by atoms with van der Waals surface area (Å²) in [6.45, 7) is 2.72. The fraction of sp³-hybridized carbons (Fsp3) is 0.562. The topological polar surface area (TPSA) is 41.1 Å². The molecule has 1 aromatic carbocycles. The van der Waals surface area contributed by atoms with Gasteiger partial charge >= 0.3 is 6.03 Å². The molecule has 0 heterocycles. The van der Waals surface area contributed by atoms with E-state index in [1.807, 2.05) is 6.07 Å². The summed E-state index contributed by atoms with van der Waals surface area (Å²) in [5.74, 6) is 0.320. The summed E-state index contributed by atoms with van der Waals surface area (Å²) >= 11 is 0. The van der Waals surface area contributed by atoms with Crippen molar-refractivity contribution in [1.29, 1.82) is 0 Å². The van der Waals surface area contributed by atoms with Gasteiger partial charge in [-0.1, -0.05) is 31.9 Å². The van der Waals surface area contributed by atoms with E-state index in [1.54, 1.807) is 6.07 Å². The normalized spacial score (nSPS) is 22.3. The Balaban J connectivity index is 1.70. The van der Waals surface area contributed by atoms with Crippen LogP contribution in [0.5, 0.6) is 0 Å². The quantitative estimate of drug-likeness (QED) is 0.872. The number of benzene rings is 1. The molecule has 4 heteroatoms. The van der Waals surface area contributed by atoms with Crippen molar-refractivity contribution in [2.45, 2.75) is 45.1 Å². The number of halogens is 1. The lowest BCUT2D eigenvalue weighted by atomic mass is 9.86. The highest BCUT2D eigenvalue weighted by Crippen LogP contribution is 2.23. The van der Waals surface area contributed by atoms with E-state index in [1.165, 1.54) is 31.4 Å². The van der Waals surface area contributed by atoms with Crippen LogP contribution in [-0.2, 0) is 6.42 Å². The van der Waals surface area contributed by atoms with E-state index in [0.29, 0.717) is 18.9 Å². The van der Waals surface area contributed by atoms with Gasteiger partial charge in [-0.2, -0.15) is 0 Å². The number of urea groups is 1. The van der Waals surface area contributed by atoms with Gasteiger partial charge in [0.25, 0.3) is 0 Å². The molecule has 0 bridgehead atoms. The minimum absolute atomic E-state index is 0.111. The van der Waals surface area contributed by atoms with Crippen molar-refractivity contribution in [3.05, 3.63) is 35.6 Å². The molecule has 20 heavy (non-hydrogen) atoms. The van der Waals surface area contributed by atoms with Crippen molar-refractivity contribution in [3.63, 3.8) is 0 Å². The molecule has 2 rings (SSSR count). The summed E-state index contributed by atoms with van der Waals surface area (Å²) in [6.07, 6.45) is 5.36. The zero-order valence-corrected chi connectivity index (χ0v) is 12.0. The van der Waals surface area contributed by atoms with Gasteiger partial charge in [-0.3, -0.25) is 0 Å². The largest absolute Gasteiger partial charge is 0.338 e. The molecular weight excluding hydrogens is 255 g/mol. The van der Waals surface area contributed by atoms with Gasteiger partial charge in [0, 0.05) is 12.6 Å². The van der Waals surface area contributed by atoms with Gasteiger partial charge in [0.1, 0.15) is 5.82 Å². The highest BCUT2D eigenvalue weighted by molar-refractivity contribution is 5.74. The van der Waals surface area contributed by atoms with E-state index in [0.717, 1.165) is 12.0 Å². The lowest BCUT2D eigenvalue weighted by molar-refractivity contribution is 0.222. The van der Waals surface area contributed by atoms with Gasteiger partial charge < -0.3 is 10.6 Å². The molecule has 2 atom stereocenters. The van der Waals surface area contributed by atoms with Crippen molar-refractivity contribution < 1.29 is 9.18 Å². The minimum atomic E-state index is -0.233. The van der Waals surface area contributed by atoms with Crippen LogP contribution in [0, 0.1) is 11.7 Å². The third-order valence-electron chi connectivity index (χ3n) is 4.02. The van der Waals surface area contributed by atoms with Gasteiger partial charge in [-0.25, -0.2) is 9.18 Å². The van der Waals surface area contributed by atoms with Crippen molar-refractivity contribution in [1.82, 2.24) is 10.6 Å². The Morgan fingerprint density at radius 3 is 2.90 bits per heavy atom. The fourth-order valence-electron chi connectivity index (χ4n) is 2.76. The monoisotopic (exact) mass is 278 g/mol. The number of hydrogen-bond donors (Lipinski definition) is 2. The predicted octanol–water partition coefficient (Wildman–Crippen LogP) is 3.25. The molecule has 0 spiro atoms. The summed E-state index contributed by atoms with van der Waals surface area (Å²) < 4.78 is 13.0. The van der Waals surface area contributed by atoms with Crippen LogP contribution in [0.2, 0.25) is 0 Å². The maximum Gasteiger partial charge on any atom is 0.315 e. The van der Waals surface area contributed by atoms with Crippen LogP contribution in [0.3, 0.4) is 0 Å². The first-order valence-electron chi connectivity index (χ1n) is 7.44. The lowest BCUT2D eigenvalue weighted by Gasteiger charge is -2.29. The molecule has 1 saturated carbocycles.